The minimum absolute atomic E-state index is 0.167. The number of amides is 2. The summed E-state index contributed by atoms with van der Waals surface area (Å²) in [4.78, 5) is 24.6. The second-order valence-electron chi connectivity index (χ2n) is 6.09. The fourth-order valence-corrected chi connectivity index (χ4v) is 3.13. The number of ether oxygens (including phenoxy) is 1. The fourth-order valence-electron chi connectivity index (χ4n) is 3.13. The molecule has 4 aromatic rings. The number of hydrogen-bond acceptors (Lipinski definition) is 5. The summed E-state index contributed by atoms with van der Waals surface area (Å²) in [6.45, 7) is 0. The predicted octanol–water partition coefficient (Wildman–Crippen LogP) is 3.97. The fraction of sp³-hybridized carbons (Fsp3) is 0.0476. The highest BCUT2D eigenvalue weighted by molar-refractivity contribution is 6.16. The molecule has 2 amide bonds. The average Bonchev–Trinajstić information content (AvgIpc) is 3.11. The van der Waals surface area contributed by atoms with Crippen molar-refractivity contribution in [2.45, 2.75) is 0 Å². The van der Waals surface area contributed by atoms with Gasteiger partial charge >= 0.3 is 0 Å². The largest absolute Gasteiger partial charge is 0.495 e. The molecule has 1 heterocycles. The molecule has 28 heavy (non-hydrogen) atoms. The zero-order chi connectivity index (χ0) is 19.7. The van der Waals surface area contributed by atoms with Crippen LogP contribution >= 0.6 is 0 Å². The number of hydroxylamine groups is 1. The molecule has 0 bridgehead atoms. The number of fused-ring (bicyclic) bond motifs is 3. The molecule has 0 aliphatic rings. The van der Waals surface area contributed by atoms with Gasteiger partial charge in [-0.2, -0.15) is 0 Å². The Balaban J connectivity index is 1.76. The zero-order valence-corrected chi connectivity index (χ0v) is 14.9. The van der Waals surface area contributed by atoms with Crippen LogP contribution in [0.4, 0.5) is 5.69 Å². The van der Waals surface area contributed by atoms with E-state index in [9.17, 15) is 9.59 Å². The van der Waals surface area contributed by atoms with Gasteiger partial charge in [-0.05, 0) is 30.3 Å². The lowest BCUT2D eigenvalue weighted by Gasteiger charge is -2.12. The lowest BCUT2D eigenvalue weighted by Crippen LogP contribution is -2.19. The number of benzene rings is 3. The highest BCUT2D eigenvalue weighted by atomic mass is 16.5. The van der Waals surface area contributed by atoms with Crippen LogP contribution in [-0.2, 0) is 0 Å². The first kappa shape index (κ1) is 17.6. The van der Waals surface area contributed by atoms with Crippen molar-refractivity contribution in [3.63, 3.8) is 0 Å². The molecule has 4 rings (SSSR count). The number of nitrogens with one attached hydrogen (secondary N) is 2. The molecule has 0 atom stereocenters. The van der Waals surface area contributed by atoms with Gasteiger partial charge in [0.1, 0.15) is 16.9 Å². The van der Waals surface area contributed by atoms with Crippen LogP contribution < -0.4 is 15.5 Å². The second kappa shape index (κ2) is 7.05. The van der Waals surface area contributed by atoms with Crippen LogP contribution in [0.3, 0.4) is 0 Å². The first-order valence-corrected chi connectivity index (χ1v) is 8.46. The van der Waals surface area contributed by atoms with E-state index in [0.29, 0.717) is 28.2 Å². The molecule has 0 spiro atoms. The summed E-state index contributed by atoms with van der Waals surface area (Å²) in [5.74, 6) is -0.735. The van der Waals surface area contributed by atoms with Crippen molar-refractivity contribution >= 4 is 39.4 Å². The smallest absolute Gasteiger partial charge is 0.274 e. The number of carbonyl (C=O) groups is 2. The van der Waals surface area contributed by atoms with E-state index in [2.05, 4.69) is 5.32 Å². The normalized spacial score (nSPS) is 10.8. The third-order valence-electron chi connectivity index (χ3n) is 4.46. The van der Waals surface area contributed by atoms with E-state index in [0.717, 1.165) is 10.8 Å². The molecular weight excluding hydrogens is 360 g/mol. The highest BCUT2D eigenvalue weighted by Gasteiger charge is 2.18. The third-order valence-corrected chi connectivity index (χ3v) is 4.46. The Bertz CT molecular complexity index is 1210. The second-order valence-corrected chi connectivity index (χ2v) is 6.09. The maximum absolute atomic E-state index is 12.9. The summed E-state index contributed by atoms with van der Waals surface area (Å²) in [5, 5.41) is 13.3. The number of rotatable bonds is 4. The molecule has 3 N–H and O–H groups in total. The van der Waals surface area contributed by atoms with Crippen LogP contribution in [0.1, 0.15) is 20.7 Å². The van der Waals surface area contributed by atoms with Crippen molar-refractivity contribution in [2.24, 2.45) is 0 Å². The summed E-state index contributed by atoms with van der Waals surface area (Å²) in [6.07, 6.45) is 0. The quantitative estimate of drug-likeness (QED) is 0.370. The van der Waals surface area contributed by atoms with E-state index in [4.69, 9.17) is 14.4 Å². The predicted molar refractivity (Wildman–Crippen MR) is 104 cm³/mol. The number of anilines is 1. The van der Waals surface area contributed by atoms with Gasteiger partial charge in [-0.15, -0.1) is 0 Å². The molecule has 0 aliphatic heterocycles. The lowest BCUT2D eigenvalue weighted by atomic mass is 10.1. The monoisotopic (exact) mass is 376 g/mol. The molecule has 0 unspecified atom stereocenters. The lowest BCUT2D eigenvalue weighted by molar-refractivity contribution is 0.0706. The van der Waals surface area contributed by atoms with Gasteiger partial charge in [0.2, 0.25) is 0 Å². The molecule has 0 fully saturated rings. The number of methoxy groups -OCH3 is 1. The Labute approximate surface area is 159 Å². The molecule has 3 aromatic carbocycles. The highest BCUT2D eigenvalue weighted by Crippen LogP contribution is 2.32. The van der Waals surface area contributed by atoms with Gasteiger partial charge in [-0.25, -0.2) is 5.48 Å². The van der Waals surface area contributed by atoms with E-state index in [-0.39, 0.29) is 5.56 Å². The van der Waals surface area contributed by atoms with Gasteiger partial charge in [-0.3, -0.25) is 14.8 Å². The molecule has 0 saturated carbocycles. The van der Waals surface area contributed by atoms with Gasteiger partial charge in [-0.1, -0.05) is 30.3 Å². The minimum atomic E-state index is -0.697. The number of furan rings is 1. The van der Waals surface area contributed by atoms with E-state index < -0.39 is 11.8 Å². The first-order chi connectivity index (χ1) is 13.6. The zero-order valence-electron chi connectivity index (χ0n) is 14.9. The van der Waals surface area contributed by atoms with Gasteiger partial charge < -0.3 is 14.5 Å². The first-order valence-electron chi connectivity index (χ1n) is 8.46. The molecule has 0 aliphatic carbocycles. The minimum Gasteiger partial charge on any atom is -0.495 e. The number of para-hydroxylation sites is 2. The Kier molecular flexibility index (Phi) is 4.42. The summed E-state index contributed by atoms with van der Waals surface area (Å²) in [6, 6.07) is 17.3. The Morgan fingerprint density at radius 2 is 1.75 bits per heavy atom. The maximum Gasteiger partial charge on any atom is 0.274 e. The summed E-state index contributed by atoms with van der Waals surface area (Å²) in [7, 11) is 1.46. The standard InChI is InChI=1S/C21H16N2O5/c1-27-18-10-9-12(20(24)23-26)11-16(18)22-21(25)15-7-4-6-14-13-5-2-3-8-17(13)28-19(14)15/h2-11,26H,1H3,(H,22,25)(H,23,24). The van der Waals surface area contributed by atoms with Crippen molar-refractivity contribution in [1.82, 2.24) is 5.48 Å². The van der Waals surface area contributed by atoms with Crippen LogP contribution in [0.25, 0.3) is 21.9 Å². The van der Waals surface area contributed by atoms with Gasteiger partial charge in [0, 0.05) is 16.3 Å². The van der Waals surface area contributed by atoms with Crippen LogP contribution in [0, 0.1) is 0 Å². The van der Waals surface area contributed by atoms with Crippen molar-refractivity contribution in [3.05, 3.63) is 71.8 Å². The third kappa shape index (κ3) is 2.93. The SMILES string of the molecule is COc1ccc(C(=O)NO)cc1NC(=O)c1cccc2c1oc1ccccc12. The van der Waals surface area contributed by atoms with E-state index >= 15 is 0 Å². The van der Waals surface area contributed by atoms with Gasteiger partial charge in [0.25, 0.3) is 11.8 Å². The van der Waals surface area contributed by atoms with Crippen molar-refractivity contribution < 1.29 is 24.0 Å². The van der Waals surface area contributed by atoms with E-state index in [1.165, 1.54) is 25.3 Å². The van der Waals surface area contributed by atoms with Crippen LogP contribution in [0.15, 0.2) is 65.1 Å². The Morgan fingerprint density at radius 3 is 2.54 bits per heavy atom. The van der Waals surface area contributed by atoms with Gasteiger partial charge in [0.15, 0.2) is 0 Å². The maximum atomic E-state index is 12.9. The molecule has 0 saturated heterocycles. The van der Waals surface area contributed by atoms with Crippen molar-refractivity contribution in [1.29, 1.82) is 0 Å². The van der Waals surface area contributed by atoms with E-state index in [1.54, 1.807) is 17.6 Å². The molecule has 0 radical (unpaired) electrons. The van der Waals surface area contributed by atoms with Gasteiger partial charge in [0.05, 0.1) is 18.4 Å². The molecule has 140 valence electrons. The number of carbonyl (C=O) groups excluding carboxylic acids is 2. The van der Waals surface area contributed by atoms with Crippen molar-refractivity contribution in [2.75, 3.05) is 12.4 Å². The Hall–Kier alpha value is -3.84. The number of hydrogen-bond donors (Lipinski definition) is 3. The summed E-state index contributed by atoms with van der Waals surface area (Å²) < 4.78 is 11.1. The summed E-state index contributed by atoms with van der Waals surface area (Å²) in [5.41, 5.74) is 3.55. The summed E-state index contributed by atoms with van der Waals surface area (Å²) >= 11 is 0. The van der Waals surface area contributed by atoms with E-state index in [1.807, 2.05) is 30.3 Å². The molecule has 1 aromatic heterocycles. The van der Waals surface area contributed by atoms with Crippen LogP contribution in [0.2, 0.25) is 0 Å². The Morgan fingerprint density at radius 1 is 0.964 bits per heavy atom. The molecule has 7 heteroatoms. The van der Waals surface area contributed by atoms with Crippen LogP contribution in [0.5, 0.6) is 5.75 Å². The molecular formula is C21H16N2O5. The van der Waals surface area contributed by atoms with Crippen LogP contribution in [-0.4, -0.2) is 24.1 Å². The molecule has 7 nitrogen and oxygen atoms in total. The van der Waals surface area contributed by atoms with Crippen molar-refractivity contribution in [3.8, 4) is 5.75 Å². The topological polar surface area (TPSA) is 101 Å². The average molecular weight is 376 g/mol.